The van der Waals surface area contributed by atoms with Crippen molar-refractivity contribution in [3.05, 3.63) is 36.5 Å². The standard InChI is InChI=1S/C50H93NO5/c1-4-7-10-13-16-19-21-23-24-25-26-27-29-31-34-37-40-43-50(55)56-46(41-38-35-32-18-15-12-9-6-3)44-49(54)51-47(45-52)48(53)42-39-36-33-30-28-22-20-17-14-11-8-5-2/h16,19,23-24,26-27,46-48,52-53H,4-15,17-18,20-22,25,28-45H2,1-3H3,(H,51,54)/b19-16-,24-23-,27-26-. The van der Waals surface area contributed by atoms with E-state index in [0.29, 0.717) is 19.3 Å². The highest BCUT2D eigenvalue weighted by molar-refractivity contribution is 5.77. The van der Waals surface area contributed by atoms with Crippen LogP contribution in [-0.4, -0.2) is 46.9 Å². The third kappa shape index (κ3) is 38.9. The van der Waals surface area contributed by atoms with Crippen LogP contribution in [-0.2, 0) is 14.3 Å². The van der Waals surface area contributed by atoms with Gasteiger partial charge in [-0.15, -0.1) is 0 Å². The van der Waals surface area contributed by atoms with Gasteiger partial charge in [-0.3, -0.25) is 9.59 Å². The molecule has 1 amide bonds. The van der Waals surface area contributed by atoms with E-state index in [0.717, 1.165) is 83.5 Å². The maximum absolute atomic E-state index is 13.1. The fourth-order valence-electron chi connectivity index (χ4n) is 7.26. The summed E-state index contributed by atoms with van der Waals surface area (Å²) in [7, 11) is 0. The van der Waals surface area contributed by atoms with E-state index in [1.54, 1.807) is 0 Å². The van der Waals surface area contributed by atoms with Gasteiger partial charge in [-0.05, 0) is 64.2 Å². The molecule has 6 heteroatoms. The summed E-state index contributed by atoms with van der Waals surface area (Å²) in [6.45, 7) is 6.42. The van der Waals surface area contributed by atoms with Gasteiger partial charge in [-0.25, -0.2) is 0 Å². The average Bonchev–Trinajstić information content (AvgIpc) is 3.19. The van der Waals surface area contributed by atoms with Gasteiger partial charge in [0.15, 0.2) is 0 Å². The molecule has 3 unspecified atom stereocenters. The number of hydrogen-bond donors (Lipinski definition) is 3. The Morgan fingerprint density at radius 2 is 0.911 bits per heavy atom. The number of nitrogens with one attached hydrogen (secondary N) is 1. The van der Waals surface area contributed by atoms with E-state index in [1.165, 1.54) is 116 Å². The highest BCUT2D eigenvalue weighted by Gasteiger charge is 2.24. The number of aliphatic hydroxyl groups excluding tert-OH is 2. The molecule has 0 aliphatic rings. The molecule has 0 fully saturated rings. The minimum atomic E-state index is -0.787. The van der Waals surface area contributed by atoms with E-state index in [-0.39, 0.29) is 24.9 Å². The van der Waals surface area contributed by atoms with E-state index in [1.807, 2.05) is 0 Å². The normalized spacial score (nSPS) is 13.6. The van der Waals surface area contributed by atoms with Crippen LogP contribution in [0.1, 0.15) is 245 Å². The van der Waals surface area contributed by atoms with Crippen LogP contribution >= 0.6 is 0 Å². The molecule has 0 saturated heterocycles. The highest BCUT2D eigenvalue weighted by Crippen LogP contribution is 2.17. The number of rotatable bonds is 43. The number of hydrogen-bond acceptors (Lipinski definition) is 5. The van der Waals surface area contributed by atoms with E-state index >= 15 is 0 Å². The minimum absolute atomic E-state index is 0.0708. The predicted octanol–water partition coefficient (Wildman–Crippen LogP) is 14.1. The lowest BCUT2D eigenvalue weighted by Gasteiger charge is -2.24. The molecule has 0 bridgehead atoms. The number of carbonyl (C=O) groups excluding carboxylic acids is 2. The minimum Gasteiger partial charge on any atom is -0.462 e. The second kappa shape index (κ2) is 44.2. The van der Waals surface area contributed by atoms with Crippen molar-refractivity contribution in [3.8, 4) is 0 Å². The van der Waals surface area contributed by atoms with Crippen molar-refractivity contribution in [1.29, 1.82) is 0 Å². The zero-order valence-electron chi connectivity index (χ0n) is 37.3. The van der Waals surface area contributed by atoms with Gasteiger partial charge < -0.3 is 20.3 Å². The fourth-order valence-corrected chi connectivity index (χ4v) is 7.26. The fraction of sp³-hybridized carbons (Fsp3) is 0.840. The molecule has 0 aromatic heterocycles. The molecule has 0 aromatic rings. The Bertz CT molecular complexity index is 930. The largest absolute Gasteiger partial charge is 0.462 e. The SMILES string of the molecule is CCCCC/C=C\C/C=C\C/C=C\CCCCCCC(=O)OC(CCCCCCCCCC)CC(=O)NC(CO)C(O)CCCCCCCCCCCCCC. The first kappa shape index (κ1) is 54.1. The summed E-state index contributed by atoms with van der Waals surface area (Å²) in [5.74, 6) is -0.496. The van der Waals surface area contributed by atoms with Gasteiger partial charge in [0.2, 0.25) is 5.91 Å². The molecule has 0 rings (SSSR count). The molecule has 6 nitrogen and oxygen atoms in total. The quantitative estimate of drug-likeness (QED) is 0.0325. The number of unbranched alkanes of at least 4 members (excludes halogenated alkanes) is 25. The molecule has 3 N–H and O–H groups in total. The Hall–Kier alpha value is -1.92. The smallest absolute Gasteiger partial charge is 0.306 e. The molecule has 0 aliphatic heterocycles. The molecule has 0 radical (unpaired) electrons. The van der Waals surface area contributed by atoms with Crippen molar-refractivity contribution in [2.75, 3.05) is 6.61 Å². The summed E-state index contributed by atoms with van der Waals surface area (Å²) in [5, 5.41) is 23.6. The Morgan fingerprint density at radius 3 is 1.41 bits per heavy atom. The van der Waals surface area contributed by atoms with Crippen molar-refractivity contribution in [1.82, 2.24) is 5.32 Å². The maximum atomic E-state index is 13.1. The summed E-state index contributed by atoms with van der Waals surface area (Å²) < 4.78 is 5.89. The highest BCUT2D eigenvalue weighted by atomic mass is 16.5. The molecule has 0 aliphatic carbocycles. The van der Waals surface area contributed by atoms with Crippen molar-refractivity contribution in [3.63, 3.8) is 0 Å². The van der Waals surface area contributed by atoms with Gasteiger partial charge in [0.1, 0.15) is 6.10 Å². The lowest BCUT2D eigenvalue weighted by molar-refractivity contribution is -0.151. The lowest BCUT2D eigenvalue weighted by Crippen LogP contribution is -2.46. The summed E-state index contributed by atoms with van der Waals surface area (Å²) in [5.41, 5.74) is 0. The Morgan fingerprint density at radius 1 is 0.518 bits per heavy atom. The van der Waals surface area contributed by atoms with Gasteiger partial charge in [0, 0.05) is 6.42 Å². The van der Waals surface area contributed by atoms with E-state index in [2.05, 4.69) is 62.5 Å². The predicted molar refractivity (Wildman–Crippen MR) is 241 cm³/mol. The van der Waals surface area contributed by atoms with E-state index in [9.17, 15) is 19.8 Å². The van der Waals surface area contributed by atoms with Crippen molar-refractivity contribution >= 4 is 11.9 Å². The van der Waals surface area contributed by atoms with Crippen LogP contribution < -0.4 is 5.32 Å². The summed E-state index contributed by atoms with van der Waals surface area (Å²) in [6.07, 6.45) is 50.6. The summed E-state index contributed by atoms with van der Waals surface area (Å²) >= 11 is 0. The molecule has 328 valence electrons. The number of aliphatic hydroxyl groups is 2. The molecular formula is C50H93NO5. The second-order valence-corrected chi connectivity index (χ2v) is 16.5. The van der Waals surface area contributed by atoms with Crippen LogP contribution in [0.25, 0.3) is 0 Å². The number of carbonyl (C=O) groups is 2. The van der Waals surface area contributed by atoms with E-state index in [4.69, 9.17) is 4.74 Å². The molecule has 0 spiro atoms. The van der Waals surface area contributed by atoms with Crippen LogP contribution in [0.4, 0.5) is 0 Å². The van der Waals surface area contributed by atoms with Crippen LogP contribution in [0, 0.1) is 0 Å². The van der Waals surface area contributed by atoms with Gasteiger partial charge in [-0.2, -0.15) is 0 Å². The Kier molecular flexibility index (Phi) is 42.7. The van der Waals surface area contributed by atoms with Crippen LogP contribution in [0.2, 0.25) is 0 Å². The van der Waals surface area contributed by atoms with Gasteiger partial charge in [0.25, 0.3) is 0 Å². The first-order valence-electron chi connectivity index (χ1n) is 24.2. The third-order valence-electron chi connectivity index (χ3n) is 11.0. The molecule has 0 aromatic carbocycles. The van der Waals surface area contributed by atoms with Crippen molar-refractivity contribution < 1.29 is 24.5 Å². The molecule has 0 saturated carbocycles. The second-order valence-electron chi connectivity index (χ2n) is 16.5. The number of allylic oxidation sites excluding steroid dienone is 6. The van der Waals surface area contributed by atoms with Gasteiger partial charge in [0.05, 0.1) is 25.2 Å². The molecular weight excluding hydrogens is 695 g/mol. The molecule has 3 atom stereocenters. The summed E-state index contributed by atoms with van der Waals surface area (Å²) in [6, 6.07) is -0.701. The van der Waals surface area contributed by atoms with Crippen molar-refractivity contribution in [2.45, 2.75) is 264 Å². The van der Waals surface area contributed by atoms with Crippen molar-refractivity contribution in [2.24, 2.45) is 0 Å². The van der Waals surface area contributed by atoms with Gasteiger partial charge in [-0.1, -0.05) is 205 Å². The monoisotopic (exact) mass is 788 g/mol. The molecule has 56 heavy (non-hydrogen) atoms. The van der Waals surface area contributed by atoms with Crippen LogP contribution in [0.15, 0.2) is 36.5 Å². The van der Waals surface area contributed by atoms with E-state index < -0.39 is 18.2 Å². The lowest BCUT2D eigenvalue weighted by atomic mass is 10.0. The van der Waals surface area contributed by atoms with Crippen LogP contribution in [0.5, 0.6) is 0 Å². The first-order chi connectivity index (χ1) is 27.5. The zero-order chi connectivity index (χ0) is 41.0. The molecule has 0 heterocycles. The topological polar surface area (TPSA) is 95.9 Å². The van der Waals surface area contributed by atoms with Crippen LogP contribution in [0.3, 0.4) is 0 Å². The number of amides is 1. The van der Waals surface area contributed by atoms with Gasteiger partial charge >= 0.3 is 5.97 Å². The number of esters is 1. The Labute approximate surface area is 347 Å². The third-order valence-corrected chi connectivity index (χ3v) is 11.0. The zero-order valence-corrected chi connectivity index (χ0v) is 37.3. The maximum Gasteiger partial charge on any atom is 0.306 e. The number of ether oxygens (including phenoxy) is 1. The Balaban J connectivity index is 4.48. The first-order valence-corrected chi connectivity index (χ1v) is 24.2. The summed E-state index contributed by atoms with van der Waals surface area (Å²) in [4.78, 5) is 26.0. The average molecular weight is 788 g/mol.